The number of rotatable bonds is 2. The van der Waals surface area contributed by atoms with Crippen LogP contribution in [0.25, 0.3) is 11.3 Å². The number of hydrogen-bond donors (Lipinski definition) is 1. The predicted molar refractivity (Wildman–Crippen MR) is 69.3 cm³/mol. The number of carboxylic acids is 1. The number of carbonyl (C=O) groups is 1. The molecule has 3 rings (SSSR count). The standard InChI is InChI=1S/C15H13NO3.ClH/c1-19-12-3-4-13-10(8-12)6-7-16-9-11(15(17)18)2-5-14(13)16;/h2-5,8-9H,6-7H2,1H3;1H. The first-order valence-electron chi connectivity index (χ1n) is 6.13. The van der Waals surface area contributed by atoms with Gasteiger partial charge in [0.2, 0.25) is 5.69 Å². The number of fused-ring (bicyclic) bond motifs is 3. The first kappa shape index (κ1) is 14.3. The summed E-state index contributed by atoms with van der Waals surface area (Å²) in [6.07, 6.45) is 2.58. The fourth-order valence-electron chi connectivity index (χ4n) is 2.50. The Labute approximate surface area is 123 Å². The van der Waals surface area contributed by atoms with Crippen molar-refractivity contribution in [2.75, 3.05) is 7.11 Å². The Morgan fingerprint density at radius 3 is 2.80 bits per heavy atom. The summed E-state index contributed by atoms with van der Waals surface area (Å²) >= 11 is 0. The number of nitrogens with zero attached hydrogens (tertiary/aromatic N) is 1. The van der Waals surface area contributed by atoms with Crippen LogP contribution in [0.2, 0.25) is 0 Å². The minimum Gasteiger partial charge on any atom is -1.00 e. The lowest BCUT2D eigenvalue weighted by Gasteiger charge is -2.15. The average molecular weight is 292 g/mol. The van der Waals surface area contributed by atoms with Crippen LogP contribution < -0.4 is 21.7 Å². The second kappa shape index (κ2) is 5.51. The van der Waals surface area contributed by atoms with E-state index in [1.165, 1.54) is 5.56 Å². The van der Waals surface area contributed by atoms with Gasteiger partial charge >= 0.3 is 5.97 Å². The summed E-state index contributed by atoms with van der Waals surface area (Å²) in [5.41, 5.74) is 3.75. The largest absolute Gasteiger partial charge is 1.00 e. The molecule has 0 spiro atoms. The van der Waals surface area contributed by atoms with E-state index in [9.17, 15) is 4.79 Å². The zero-order valence-corrected chi connectivity index (χ0v) is 11.7. The summed E-state index contributed by atoms with van der Waals surface area (Å²) in [5.74, 6) is -0.0369. The molecule has 20 heavy (non-hydrogen) atoms. The molecule has 104 valence electrons. The molecule has 0 aliphatic carbocycles. The van der Waals surface area contributed by atoms with Crippen molar-refractivity contribution in [3.63, 3.8) is 0 Å². The lowest BCUT2D eigenvalue weighted by atomic mass is 9.96. The highest BCUT2D eigenvalue weighted by atomic mass is 35.5. The van der Waals surface area contributed by atoms with Crippen LogP contribution in [0.3, 0.4) is 0 Å². The topological polar surface area (TPSA) is 50.4 Å². The third kappa shape index (κ3) is 2.34. The zero-order chi connectivity index (χ0) is 13.4. The fourth-order valence-corrected chi connectivity index (χ4v) is 2.50. The van der Waals surface area contributed by atoms with E-state index < -0.39 is 5.97 Å². The molecule has 1 aliphatic rings. The van der Waals surface area contributed by atoms with Gasteiger partial charge in [-0.3, -0.25) is 0 Å². The van der Waals surface area contributed by atoms with E-state index in [0.717, 1.165) is 30.0 Å². The second-order valence-electron chi connectivity index (χ2n) is 4.57. The third-order valence-electron chi connectivity index (χ3n) is 3.48. The summed E-state index contributed by atoms with van der Waals surface area (Å²) in [5, 5.41) is 9.02. The molecule has 2 aromatic rings. The summed E-state index contributed by atoms with van der Waals surface area (Å²) in [6, 6.07) is 9.52. The Kier molecular flexibility index (Phi) is 3.95. The van der Waals surface area contributed by atoms with Crippen molar-refractivity contribution in [1.29, 1.82) is 0 Å². The second-order valence-corrected chi connectivity index (χ2v) is 4.57. The van der Waals surface area contributed by atoms with Crippen molar-refractivity contribution in [2.24, 2.45) is 0 Å². The average Bonchev–Trinajstić information content (AvgIpc) is 2.45. The van der Waals surface area contributed by atoms with Gasteiger partial charge in [0.1, 0.15) is 11.3 Å². The Bertz CT molecular complexity index is 670. The van der Waals surface area contributed by atoms with Crippen LogP contribution >= 0.6 is 0 Å². The van der Waals surface area contributed by atoms with Crippen LogP contribution in [-0.2, 0) is 13.0 Å². The molecular weight excluding hydrogens is 278 g/mol. The van der Waals surface area contributed by atoms with E-state index in [2.05, 4.69) is 0 Å². The fraction of sp³-hybridized carbons (Fsp3) is 0.200. The van der Waals surface area contributed by atoms with Crippen LogP contribution in [0, 0.1) is 0 Å². The highest BCUT2D eigenvalue weighted by Crippen LogP contribution is 2.28. The molecular formula is C15H14ClNO3. The third-order valence-corrected chi connectivity index (χ3v) is 3.48. The maximum atomic E-state index is 11.0. The van der Waals surface area contributed by atoms with Gasteiger partial charge in [-0.1, -0.05) is 0 Å². The summed E-state index contributed by atoms with van der Waals surface area (Å²) in [7, 11) is 1.66. The quantitative estimate of drug-likeness (QED) is 0.715. The zero-order valence-electron chi connectivity index (χ0n) is 11.0. The number of aromatic nitrogens is 1. The molecule has 0 bridgehead atoms. The van der Waals surface area contributed by atoms with Crippen molar-refractivity contribution < 1.29 is 31.6 Å². The highest BCUT2D eigenvalue weighted by molar-refractivity contribution is 5.87. The summed E-state index contributed by atoms with van der Waals surface area (Å²) in [4.78, 5) is 11.0. The summed E-state index contributed by atoms with van der Waals surface area (Å²) < 4.78 is 7.23. The molecule has 0 atom stereocenters. The van der Waals surface area contributed by atoms with Crippen LogP contribution in [0.15, 0.2) is 36.5 Å². The first-order chi connectivity index (χ1) is 9.19. The molecule has 5 heteroatoms. The number of aryl methyl sites for hydroxylation is 2. The molecule has 0 fully saturated rings. The van der Waals surface area contributed by atoms with E-state index in [-0.39, 0.29) is 12.4 Å². The van der Waals surface area contributed by atoms with E-state index in [1.54, 1.807) is 19.4 Å². The van der Waals surface area contributed by atoms with Gasteiger partial charge in [-0.2, -0.15) is 4.57 Å². The molecule has 4 nitrogen and oxygen atoms in total. The smallest absolute Gasteiger partial charge is 0.341 e. The number of ether oxygens (including phenoxy) is 1. The Morgan fingerprint density at radius 1 is 1.30 bits per heavy atom. The van der Waals surface area contributed by atoms with E-state index in [1.807, 2.05) is 28.8 Å². The SMILES string of the molecule is COc1ccc2c(c1)CC[n+]1cc(C(=O)O)ccc1-2.[Cl-]. The lowest BCUT2D eigenvalue weighted by molar-refractivity contribution is -0.687. The monoisotopic (exact) mass is 291 g/mol. The molecule has 0 amide bonds. The van der Waals surface area contributed by atoms with Gasteiger partial charge in [0.15, 0.2) is 12.7 Å². The van der Waals surface area contributed by atoms with Gasteiger partial charge in [0, 0.05) is 18.1 Å². The van der Waals surface area contributed by atoms with Gasteiger partial charge in [-0.25, -0.2) is 4.79 Å². The number of methoxy groups -OCH3 is 1. The molecule has 0 unspecified atom stereocenters. The Balaban J connectivity index is 0.00000147. The van der Waals surface area contributed by atoms with Crippen LogP contribution in [0.5, 0.6) is 5.75 Å². The van der Waals surface area contributed by atoms with Crippen LogP contribution in [0.4, 0.5) is 0 Å². The predicted octanol–water partition coefficient (Wildman–Crippen LogP) is -1.09. The number of benzene rings is 1. The minimum absolute atomic E-state index is 0. The number of halogens is 1. The number of hydrogen-bond acceptors (Lipinski definition) is 2. The number of aromatic carboxylic acids is 1. The lowest BCUT2D eigenvalue weighted by Crippen LogP contribution is -3.00. The van der Waals surface area contributed by atoms with Gasteiger partial charge in [0.25, 0.3) is 0 Å². The van der Waals surface area contributed by atoms with E-state index in [0.29, 0.717) is 5.56 Å². The minimum atomic E-state index is -0.893. The van der Waals surface area contributed by atoms with Crippen molar-refractivity contribution in [3.8, 4) is 17.0 Å². The summed E-state index contributed by atoms with van der Waals surface area (Å²) in [6.45, 7) is 0.788. The first-order valence-corrected chi connectivity index (χ1v) is 6.13. The molecule has 1 N–H and O–H groups in total. The van der Waals surface area contributed by atoms with Crippen LogP contribution in [0.1, 0.15) is 15.9 Å². The van der Waals surface area contributed by atoms with Crippen LogP contribution in [-0.4, -0.2) is 18.2 Å². The van der Waals surface area contributed by atoms with Gasteiger partial charge in [-0.05, 0) is 29.8 Å². The maximum absolute atomic E-state index is 11.0. The molecule has 1 aromatic heterocycles. The Hall–Kier alpha value is -2.07. The van der Waals surface area contributed by atoms with Gasteiger partial charge < -0.3 is 22.3 Å². The van der Waals surface area contributed by atoms with Gasteiger partial charge in [0.05, 0.1) is 7.11 Å². The molecule has 1 aliphatic heterocycles. The molecule has 0 radical (unpaired) electrons. The van der Waals surface area contributed by atoms with E-state index in [4.69, 9.17) is 9.84 Å². The normalized spacial score (nSPS) is 11.8. The van der Waals surface area contributed by atoms with Crippen molar-refractivity contribution in [3.05, 3.63) is 47.7 Å². The Morgan fingerprint density at radius 2 is 2.10 bits per heavy atom. The van der Waals surface area contributed by atoms with Crippen molar-refractivity contribution in [1.82, 2.24) is 0 Å². The van der Waals surface area contributed by atoms with Crippen molar-refractivity contribution >= 4 is 5.97 Å². The number of pyridine rings is 1. The number of carboxylic acid groups (broad SMARTS) is 1. The molecule has 1 aromatic carbocycles. The molecule has 0 saturated heterocycles. The molecule has 0 saturated carbocycles. The van der Waals surface area contributed by atoms with Gasteiger partial charge in [-0.15, -0.1) is 0 Å². The van der Waals surface area contributed by atoms with Crippen molar-refractivity contribution in [2.45, 2.75) is 13.0 Å². The maximum Gasteiger partial charge on any atom is 0.341 e. The molecule has 2 heterocycles. The van der Waals surface area contributed by atoms with E-state index >= 15 is 0 Å². The highest BCUT2D eigenvalue weighted by Gasteiger charge is 2.24.